The fourth-order valence-electron chi connectivity index (χ4n) is 2.39. The Kier molecular flexibility index (Phi) is 3.74. The molecule has 2 heteroatoms. The Morgan fingerprint density at radius 2 is 2.00 bits per heavy atom. The van der Waals surface area contributed by atoms with Crippen LogP contribution in [0.5, 0.6) is 0 Å². The van der Waals surface area contributed by atoms with Crippen LogP contribution in [0.4, 0.5) is 0 Å². The third-order valence-corrected chi connectivity index (χ3v) is 3.44. The maximum atomic E-state index is 2.67. The quantitative estimate of drug-likeness (QED) is 0.605. The minimum Gasteiger partial charge on any atom is -0.312 e. The molecule has 2 nitrogen and oxygen atoms in total. The molecular weight excluding hydrogens is 160 g/mol. The summed E-state index contributed by atoms with van der Waals surface area (Å²) in [6, 6.07) is 0.838. The Hall–Kier alpha value is -0.0800. The second-order valence-corrected chi connectivity index (χ2v) is 4.63. The largest absolute Gasteiger partial charge is 0.312 e. The van der Waals surface area contributed by atoms with E-state index in [1.807, 2.05) is 0 Å². The molecule has 1 aliphatic heterocycles. The number of hydrogen-bond donors (Lipinski definition) is 0. The average molecular weight is 185 g/mol. The monoisotopic (exact) mass is 185 g/mol. The molecule has 1 rings (SSSR count). The standard InChI is InChI=1S/C11H25N2/c1-5-8-12-10-13(4,7-3)9-11(12)6-2/h11H,5-10H2,1-4H3/q+1/t11?,13-/m1/s1. The van der Waals surface area contributed by atoms with E-state index < -0.39 is 0 Å². The van der Waals surface area contributed by atoms with E-state index in [9.17, 15) is 0 Å². The summed E-state index contributed by atoms with van der Waals surface area (Å²) in [7, 11) is 2.39. The van der Waals surface area contributed by atoms with Crippen molar-refractivity contribution in [2.75, 3.05) is 33.4 Å². The van der Waals surface area contributed by atoms with Crippen LogP contribution in [0.15, 0.2) is 0 Å². The van der Waals surface area contributed by atoms with Gasteiger partial charge in [-0.2, -0.15) is 0 Å². The van der Waals surface area contributed by atoms with Crippen LogP contribution in [0, 0.1) is 0 Å². The number of quaternary nitrogens is 1. The topological polar surface area (TPSA) is 3.24 Å². The minimum atomic E-state index is 0.838. The van der Waals surface area contributed by atoms with Crippen LogP contribution in [0.25, 0.3) is 0 Å². The molecule has 0 spiro atoms. The molecule has 0 radical (unpaired) electrons. The van der Waals surface area contributed by atoms with Crippen LogP contribution >= 0.6 is 0 Å². The van der Waals surface area contributed by atoms with Crippen molar-refractivity contribution in [3.05, 3.63) is 0 Å². The van der Waals surface area contributed by atoms with E-state index in [1.165, 1.54) is 43.6 Å². The van der Waals surface area contributed by atoms with Gasteiger partial charge in [0.05, 0.1) is 26.2 Å². The lowest BCUT2D eigenvalue weighted by atomic mass is 10.2. The van der Waals surface area contributed by atoms with Crippen LogP contribution in [0.3, 0.4) is 0 Å². The molecule has 1 saturated heterocycles. The van der Waals surface area contributed by atoms with Gasteiger partial charge in [0.25, 0.3) is 0 Å². The highest BCUT2D eigenvalue weighted by atomic mass is 15.5. The van der Waals surface area contributed by atoms with Gasteiger partial charge in [0, 0.05) is 6.54 Å². The summed E-state index contributed by atoms with van der Waals surface area (Å²) in [5.41, 5.74) is 0. The summed E-state index contributed by atoms with van der Waals surface area (Å²) in [6.07, 6.45) is 2.61. The highest BCUT2D eigenvalue weighted by Crippen LogP contribution is 2.21. The second-order valence-electron chi connectivity index (χ2n) is 4.63. The van der Waals surface area contributed by atoms with E-state index in [-0.39, 0.29) is 0 Å². The van der Waals surface area contributed by atoms with Gasteiger partial charge in [-0.05, 0) is 19.8 Å². The van der Waals surface area contributed by atoms with Crippen molar-refractivity contribution in [3.63, 3.8) is 0 Å². The molecule has 0 bridgehead atoms. The van der Waals surface area contributed by atoms with Crippen molar-refractivity contribution in [3.8, 4) is 0 Å². The fraction of sp³-hybridized carbons (Fsp3) is 1.00. The highest BCUT2D eigenvalue weighted by Gasteiger charge is 2.37. The van der Waals surface area contributed by atoms with Gasteiger partial charge in [0.15, 0.2) is 0 Å². The molecule has 1 heterocycles. The third-order valence-electron chi connectivity index (χ3n) is 3.44. The summed E-state index contributed by atoms with van der Waals surface area (Å²) in [5.74, 6) is 0. The van der Waals surface area contributed by atoms with Crippen LogP contribution in [0.2, 0.25) is 0 Å². The first-order valence-corrected chi connectivity index (χ1v) is 5.72. The first-order chi connectivity index (χ1) is 6.15. The van der Waals surface area contributed by atoms with E-state index in [2.05, 4.69) is 32.7 Å². The maximum absolute atomic E-state index is 2.67. The molecule has 2 atom stereocenters. The first kappa shape index (κ1) is 11.0. The van der Waals surface area contributed by atoms with Gasteiger partial charge in [-0.25, -0.2) is 4.90 Å². The van der Waals surface area contributed by atoms with Gasteiger partial charge >= 0.3 is 0 Å². The summed E-state index contributed by atoms with van der Waals surface area (Å²) < 4.78 is 1.25. The molecule has 0 aromatic rings. The molecule has 0 saturated carbocycles. The van der Waals surface area contributed by atoms with Crippen molar-refractivity contribution in [1.29, 1.82) is 0 Å². The number of rotatable bonds is 4. The molecule has 0 aliphatic carbocycles. The van der Waals surface area contributed by atoms with Crippen molar-refractivity contribution >= 4 is 0 Å². The second kappa shape index (κ2) is 4.43. The van der Waals surface area contributed by atoms with Crippen molar-refractivity contribution in [1.82, 2.24) is 4.90 Å². The molecule has 0 aromatic carbocycles. The Morgan fingerprint density at radius 3 is 2.46 bits per heavy atom. The lowest BCUT2D eigenvalue weighted by molar-refractivity contribution is -0.900. The fourth-order valence-corrected chi connectivity index (χ4v) is 2.39. The first-order valence-electron chi connectivity index (χ1n) is 5.72. The molecule has 1 aliphatic rings. The maximum Gasteiger partial charge on any atom is 0.135 e. The van der Waals surface area contributed by atoms with Gasteiger partial charge < -0.3 is 4.48 Å². The number of hydrogen-bond acceptors (Lipinski definition) is 1. The summed E-state index contributed by atoms with van der Waals surface area (Å²) in [4.78, 5) is 2.67. The zero-order valence-electron chi connectivity index (χ0n) is 9.71. The van der Waals surface area contributed by atoms with E-state index in [0.29, 0.717) is 0 Å². The Bertz CT molecular complexity index is 158. The number of nitrogens with zero attached hydrogens (tertiary/aromatic N) is 2. The van der Waals surface area contributed by atoms with Crippen LogP contribution in [-0.4, -0.2) is 48.8 Å². The predicted octanol–water partition coefficient (Wildman–Crippen LogP) is 1.91. The van der Waals surface area contributed by atoms with Gasteiger partial charge in [0.1, 0.15) is 6.67 Å². The summed E-state index contributed by atoms with van der Waals surface area (Å²) in [5, 5.41) is 0. The molecule has 13 heavy (non-hydrogen) atoms. The lowest BCUT2D eigenvalue weighted by Gasteiger charge is -2.27. The zero-order valence-corrected chi connectivity index (χ0v) is 9.71. The predicted molar refractivity (Wildman–Crippen MR) is 57.5 cm³/mol. The van der Waals surface area contributed by atoms with E-state index in [4.69, 9.17) is 0 Å². The smallest absolute Gasteiger partial charge is 0.135 e. The molecule has 0 N–H and O–H groups in total. The summed E-state index contributed by atoms with van der Waals surface area (Å²) >= 11 is 0. The molecule has 0 amide bonds. The van der Waals surface area contributed by atoms with Crippen LogP contribution in [-0.2, 0) is 0 Å². The van der Waals surface area contributed by atoms with Crippen molar-refractivity contribution in [2.45, 2.75) is 39.7 Å². The lowest BCUT2D eigenvalue weighted by Crippen LogP contribution is -2.42. The van der Waals surface area contributed by atoms with Gasteiger partial charge in [-0.1, -0.05) is 13.8 Å². The number of likely N-dealkylation sites (N-methyl/N-ethyl adjacent to an activating group) is 1. The van der Waals surface area contributed by atoms with Gasteiger partial charge in [-0.15, -0.1) is 0 Å². The SMILES string of the molecule is CCCN1C[N@+](C)(CC)CC1CC. The molecule has 78 valence electrons. The van der Waals surface area contributed by atoms with E-state index in [0.717, 1.165) is 6.04 Å². The third kappa shape index (κ3) is 2.44. The van der Waals surface area contributed by atoms with Crippen molar-refractivity contribution in [2.24, 2.45) is 0 Å². The van der Waals surface area contributed by atoms with Crippen molar-refractivity contribution < 1.29 is 4.48 Å². The molecular formula is C11H25N2+. The molecule has 1 fully saturated rings. The molecule has 0 aromatic heterocycles. The van der Waals surface area contributed by atoms with E-state index >= 15 is 0 Å². The summed E-state index contributed by atoms with van der Waals surface area (Å²) in [6.45, 7) is 12.1. The highest BCUT2D eigenvalue weighted by molar-refractivity contribution is 4.73. The normalized spacial score (nSPS) is 35.5. The van der Waals surface area contributed by atoms with Crippen LogP contribution < -0.4 is 0 Å². The average Bonchev–Trinajstić information content (AvgIpc) is 2.45. The Balaban J connectivity index is 2.55. The molecule has 1 unspecified atom stereocenters. The van der Waals surface area contributed by atoms with Gasteiger partial charge in [-0.3, -0.25) is 0 Å². The Labute approximate surface area is 83.1 Å². The van der Waals surface area contributed by atoms with Gasteiger partial charge in [0.2, 0.25) is 0 Å². The minimum absolute atomic E-state index is 0.838. The zero-order chi connectivity index (χ0) is 9.90. The Morgan fingerprint density at radius 1 is 1.31 bits per heavy atom. The van der Waals surface area contributed by atoms with E-state index in [1.54, 1.807) is 0 Å². The van der Waals surface area contributed by atoms with Crippen LogP contribution in [0.1, 0.15) is 33.6 Å².